The molecule has 1 unspecified atom stereocenters. The van der Waals surface area contributed by atoms with Crippen molar-refractivity contribution in [3.63, 3.8) is 0 Å². The fourth-order valence-corrected chi connectivity index (χ4v) is 2.86. The largest absolute Gasteiger partial charge is 0.384 e. The third kappa shape index (κ3) is 2.75. The molecule has 1 atom stereocenters. The minimum Gasteiger partial charge on any atom is -0.384 e. The number of hydrogen-bond acceptors (Lipinski definition) is 4. The molecule has 2 rings (SSSR count). The van der Waals surface area contributed by atoms with Crippen molar-refractivity contribution in [3.05, 3.63) is 17.0 Å². The molecule has 2 heterocycles. The number of anilines is 1. The second kappa shape index (κ2) is 5.85. The van der Waals surface area contributed by atoms with Crippen LogP contribution in [0.5, 0.6) is 0 Å². The molecule has 1 saturated heterocycles. The minimum atomic E-state index is 0.329. The highest BCUT2D eigenvalue weighted by molar-refractivity contribution is 6.30. The van der Waals surface area contributed by atoms with Gasteiger partial charge in [-0.05, 0) is 12.3 Å². The van der Waals surface area contributed by atoms with Crippen LogP contribution in [0.2, 0.25) is 5.15 Å². The zero-order chi connectivity index (χ0) is 13.1. The van der Waals surface area contributed by atoms with Gasteiger partial charge in [-0.1, -0.05) is 25.4 Å². The molecule has 0 spiro atoms. The zero-order valence-electron chi connectivity index (χ0n) is 11.2. The van der Waals surface area contributed by atoms with E-state index in [4.69, 9.17) is 16.3 Å². The van der Waals surface area contributed by atoms with Crippen molar-refractivity contribution in [1.29, 1.82) is 0 Å². The predicted molar refractivity (Wildman–Crippen MR) is 73.3 cm³/mol. The third-order valence-corrected chi connectivity index (χ3v) is 3.68. The molecule has 0 aromatic carbocycles. The van der Waals surface area contributed by atoms with E-state index in [9.17, 15) is 0 Å². The first-order valence-electron chi connectivity index (χ1n) is 6.37. The van der Waals surface area contributed by atoms with Gasteiger partial charge in [-0.3, -0.25) is 0 Å². The van der Waals surface area contributed by atoms with E-state index < -0.39 is 0 Å². The van der Waals surface area contributed by atoms with Gasteiger partial charge < -0.3 is 9.64 Å². The summed E-state index contributed by atoms with van der Waals surface area (Å²) in [5.41, 5.74) is 1.05. The van der Waals surface area contributed by atoms with Gasteiger partial charge in [0.2, 0.25) is 0 Å². The summed E-state index contributed by atoms with van der Waals surface area (Å²) in [6.45, 7) is 7.06. The highest BCUT2D eigenvalue weighted by Crippen LogP contribution is 2.33. The fourth-order valence-electron chi connectivity index (χ4n) is 2.51. The fraction of sp³-hybridized carbons (Fsp3) is 0.692. The number of methoxy groups -OCH3 is 1. The Labute approximate surface area is 113 Å². The van der Waals surface area contributed by atoms with E-state index in [-0.39, 0.29) is 0 Å². The van der Waals surface area contributed by atoms with Gasteiger partial charge in [0.1, 0.15) is 17.3 Å². The molecule has 0 amide bonds. The zero-order valence-corrected chi connectivity index (χ0v) is 11.9. The van der Waals surface area contributed by atoms with Crippen molar-refractivity contribution in [2.45, 2.75) is 26.2 Å². The van der Waals surface area contributed by atoms with Crippen LogP contribution in [0.15, 0.2) is 6.33 Å². The van der Waals surface area contributed by atoms with Crippen molar-refractivity contribution < 1.29 is 4.74 Å². The number of hydrogen-bond donors (Lipinski definition) is 0. The van der Waals surface area contributed by atoms with Crippen molar-refractivity contribution in [1.82, 2.24) is 9.97 Å². The molecule has 1 fully saturated rings. The van der Waals surface area contributed by atoms with Crippen LogP contribution in [-0.4, -0.2) is 36.8 Å². The Morgan fingerprint density at radius 2 is 2.28 bits per heavy atom. The summed E-state index contributed by atoms with van der Waals surface area (Å²) in [6.07, 6.45) is 2.69. The molecule has 1 aliphatic rings. The molecule has 100 valence electrons. The number of aromatic nitrogens is 2. The molecule has 1 aromatic rings. The smallest absolute Gasteiger partial charge is 0.138 e. The topological polar surface area (TPSA) is 38.2 Å². The highest BCUT2D eigenvalue weighted by atomic mass is 35.5. The van der Waals surface area contributed by atoms with E-state index in [0.29, 0.717) is 17.0 Å². The number of ether oxygens (including phenoxy) is 1. The molecule has 1 aromatic heterocycles. The van der Waals surface area contributed by atoms with Gasteiger partial charge in [-0.15, -0.1) is 0 Å². The lowest BCUT2D eigenvalue weighted by Crippen LogP contribution is -2.24. The van der Waals surface area contributed by atoms with E-state index in [2.05, 4.69) is 28.7 Å². The van der Waals surface area contributed by atoms with E-state index in [1.165, 1.54) is 0 Å². The lowest BCUT2D eigenvalue weighted by atomic mass is 10.1. The monoisotopic (exact) mass is 269 g/mol. The molecule has 1 aliphatic heterocycles. The molecular weight excluding hydrogens is 250 g/mol. The first kappa shape index (κ1) is 13.6. The maximum atomic E-state index is 6.20. The van der Waals surface area contributed by atoms with Crippen LogP contribution < -0.4 is 4.90 Å². The van der Waals surface area contributed by atoms with Crippen LogP contribution in [0.4, 0.5) is 5.82 Å². The lowest BCUT2D eigenvalue weighted by Gasteiger charge is -2.22. The molecule has 0 N–H and O–H groups in total. The van der Waals surface area contributed by atoms with Crippen LogP contribution in [0.1, 0.15) is 31.7 Å². The summed E-state index contributed by atoms with van der Waals surface area (Å²) in [6, 6.07) is 0. The predicted octanol–water partition coefficient (Wildman–Crippen LogP) is 2.73. The number of rotatable bonds is 4. The van der Waals surface area contributed by atoms with Gasteiger partial charge in [0.05, 0.1) is 6.61 Å². The first-order valence-corrected chi connectivity index (χ1v) is 6.75. The average Bonchev–Trinajstić information content (AvgIpc) is 2.77. The Morgan fingerprint density at radius 3 is 2.94 bits per heavy atom. The van der Waals surface area contributed by atoms with Gasteiger partial charge in [0.15, 0.2) is 0 Å². The van der Waals surface area contributed by atoms with E-state index in [1.807, 2.05) is 0 Å². The van der Waals surface area contributed by atoms with Gasteiger partial charge in [-0.25, -0.2) is 9.97 Å². The molecule has 0 bridgehead atoms. The van der Waals surface area contributed by atoms with Crippen LogP contribution in [0.25, 0.3) is 0 Å². The second-order valence-electron chi connectivity index (χ2n) is 5.11. The maximum absolute atomic E-state index is 6.20. The molecule has 0 aliphatic carbocycles. The van der Waals surface area contributed by atoms with Crippen LogP contribution >= 0.6 is 11.6 Å². The normalized spacial score (nSPS) is 19.8. The minimum absolute atomic E-state index is 0.329. The standard InChI is InChI=1S/C13H20ClN3O/c1-9(2)11-12(14)15-8-16-13(11)17-5-4-10(6-17)7-18-3/h8-10H,4-7H2,1-3H3. The first-order chi connectivity index (χ1) is 8.63. The average molecular weight is 270 g/mol. The van der Waals surface area contributed by atoms with Crippen molar-refractivity contribution in [3.8, 4) is 0 Å². The summed E-state index contributed by atoms with van der Waals surface area (Å²) < 4.78 is 5.23. The lowest BCUT2D eigenvalue weighted by molar-refractivity contribution is 0.161. The summed E-state index contributed by atoms with van der Waals surface area (Å²) in [5, 5.41) is 0.574. The summed E-state index contributed by atoms with van der Waals surface area (Å²) in [5.74, 6) is 1.91. The van der Waals surface area contributed by atoms with E-state index in [0.717, 1.165) is 37.5 Å². The van der Waals surface area contributed by atoms with Crippen LogP contribution in [0.3, 0.4) is 0 Å². The Kier molecular flexibility index (Phi) is 4.40. The summed E-state index contributed by atoms with van der Waals surface area (Å²) in [7, 11) is 1.75. The number of nitrogens with zero attached hydrogens (tertiary/aromatic N) is 3. The number of halogens is 1. The van der Waals surface area contributed by atoms with Gasteiger partial charge in [-0.2, -0.15) is 0 Å². The van der Waals surface area contributed by atoms with E-state index >= 15 is 0 Å². The summed E-state index contributed by atoms with van der Waals surface area (Å²) in [4.78, 5) is 10.8. The quantitative estimate of drug-likeness (QED) is 0.788. The maximum Gasteiger partial charge on any atom is 0.138 e. The Balaban J connectivity index is 2.21. The third-order valence-electron chi connectivity index (χ3n) is 3.38. The second-order valence-corrected chi connectivity index (χ2v) is 5.47. The molecule has 5 heteroatoms. The van der Waals surface area contributed by atoms with Gasteiger partial charge >= 0.3 is 0 Å². The SMILES string of the molecule is COCC1CCN(c2ncnc(Cl)c2C(C)C)C1. The van der Waals surface area contributed by atoms with Crippen LogP contribution in [0, 0.1) is 5.92 Å². The van der Waals surface area contributed by atoms with Crippen molar-refractivity contribution in [2.75, 3.05) is 31.7 Å². The molecular formula is C13H20ClN3O. The van der Waals surface area contributed by atoms with Crippen molar-refractivity contribution >= 4 is 17.4 Å². The van der Waals surface area contributed by atoms with Gasteiger partial charge in [0.25, 0.3) is 0 Å². The molecule has 18 heavy (non-hydrogen) atoms. The van der Waals surface area contributed by atoms with E-state index in [1.54, 1.807) is 13.4 Å². The molecule has 0 saturated carbocycles. The Hall–Kier alpha value is -0.870. The van der Waals surface area contributed by atoms with Gasteiger partial charge in [0, 0.05) is 31.7 Å². The highest BCUT2D eigenvalue weighted by Gasteiger charge is 2.26. The summed E-state index contributed by atoms with van der Waals surface area (Å²) >= 11 is 6.20. The molecule has 4 nitrogen and oxygen atoms in total. The Bertz CT molecular complexity index is 411. The van der Waals surface area contributed by atoms with Crippen LogP contribution in [-0.2, 0) is 4.74 Å². The van der Waals surface area contributed by atoms with Crippen molar-refractivity contribution in [2.24, 2.45) is 5.92 Å². The molecule has 0 radical (unpaired) electrons. The Morgan fingerprint density at radius 1 is 1.50 bits per heavy atom.